The summed E-state index contributed by atoms with van der Waals surface area (Å²) < 4.78 is 13.1. The van der Waals surface area contributed by atoms with Crippen LogP contribution in [0.5, 0.6) is 0 Å². The summed E-state index contributed by atoms with van der Waals surface area (Å²) >= 11 is 5.97. The van der Waals surface area contributed by atoms with E-state index in [0.717, 1.165) is 0 Å². The van der Waals surface area contributed by atoms with Gasteiger partial charge in [0.2, 0.25) is 0 Å². The standard InChI is InChI=1S/C19H22ClFN2O/c1-12(2)18(14-7-5-4-6-8-14)22-13(3)19(24)23-17-10-9-15(21)11-16(17)20/h4-13,18,22H,1-3H3,(H,23,24)/p+1/t13-,18-/m1/s1. The second-order valence-corrected chi connectivity index (χ2v) is 6.68. The lowest BCUT2D eigenvalue weighted by molar-refractivity contribution is -0.718. The molecule has 2 aromatic carbocycles. The van der Waals surface area contributed by atoms with Crippen molar-refractivity contribution < 1.29 is 14.5 Å². The summed E-state index contributed by atoms with van der Waals surface area (Å²) in [5, 5.41) is 5.01. The van der Waals surface area contributed by atoms with Crippen LogP contribution in [0, 0.1) is 11.7 Å². The number of carbonyl (C=O) groups excluding carboxylic acids is 1. The number of anilines is 1. The van der Waals surface area contributed by atoms with Gasteiger partial charge in [-0.1, -0.05) is 55.8 Å². The maximum atomic E-state index is 13.1. The predicted molar refractivity (Wildman–Crippen MR) is 95.4 cm³/mol. The van der Waals surface area contributed by atoms with Crippen LogP contribution >= 0.6 is 11.6 Å². The van der Waals surface area contributed by atoms with E-state index in [1.165, 1.54) is 23.8 Å². The summed E-state index contributed by atoms with van der Waals surface area (Å²) in [7, 11) is 0. The first-order valence-electron chi connectivity index (χ1n) is 8.04. The molecule has 0 saturated carbocycles. The fourth-order valence-corrected chi connectivity index (χ4v) is 2.84. The van der Waals surface area contributed by atoms with Crippen LogP contribution < -0.4 is 10.6 Å². The molecule has 0 aliphatic rings. The van der Waals surface area contributed by atoms with Gasteiger partial charge in [0.25, 0.3) is 5.91 Å². The van der Waals surface area contributed by atoms with Gasteiger partial charge < -0.3 is 10.6 Å². The van der Waals surface area contributed by atoms with Gasteiger partial charge in [0.05, 0.1) is 10.7 Å². The number of halogens is 2. The van der Waals surface area contributed by atoms with E-state index in [1.54, 1.807) is 0 Å². The summed E-state index contributed by atoms with van der Waals surface area (Å²) in [5.41, 5.74) is 1.61. The van der Waals surface area contributed by atoms with Crippen LogP contribution in [0.2, 0.25) is 5.02 Å². The highest BCUT2D eigenvalue weighted by Gasteiger charge is 2.26. The van der Waals surface area contributed by atoms with Gasteiger partial charge in [-0.05, 0) is 25.1 Å². The Morgan fingerprint density at radius 1 is 1.12 bits per heavy atom. The molecule has 1 amide bonds. The molecule has 2 atom stereocenters. The van der Waals surface area contributed by atoms with Crippen molar-refractivity contribution in [2.24, 2.45) is 5.92 Å². The second kappa shape index (κ2) is 8.27. The number of benzene rings is 2. The average molecular weight is 350 g/mol. The van der Waals surface area contributed by atoms with Crippen molar-refractivity contribution in [2.75, 3.05) is 5.32 Å². The summed E-state index contributed by atoms with van der Waals surface area (Å²) in [4.78, 5) is 12.4. The van der Waals surface area contributed by atoms with Gasteiger partial charge >= 0.3 is 0 Å². The van der Waals surface area contributed by atoms with Crippen LogP contribution in [0.4, 0.5) is 10.1 Å². The largest absolute Gasteiger partial charge is 0.330 e. The van der Waals surface area contributed by atoms with Gasteiger partial charge in [0.1, 0.15) is 11.9 Å². The second-order valence-electron chi connectivity index (χ2n) is 6.28. The monoisotopic (exact) mass is 349 g/mol. The quantitative estimate of drug-likeness (QED) is 0.819. The topological polar surface area (TPSA) is 45.7 Å². The van der Waals surface area contributed by atoms with Gasteiger partial charge in [-0.2, -0.15) is 0 Å². The zero-order valence-electron chi connectivity index (χ0n) is 14.1. The number of nitrogens with two attached hydrogens (primary N) is 1. The molecule has 3 nitrogen and oxygen atoms in total. The summed E-state index contributed by atoms with van der Waals surface area (Å²) in [6.45, 7) is 6.12. The fourth-order valence-electron chi connectivity index (χ4n) is 2.63. The van der Waals surface area contributed by atoms with E-state index in [2.05, 4.69) is 31.3 Å². The Bertz CT molecular complexity index is 691. The Labute approximate surface area is 147 Å². The van der Waals surface area contributed by atoms with Gasteiger partial charge in [-0.25, -0.2) is 4.39 Å². The lowest BCUT2D eigenvalue weighted by Gasteiger charge is -2.23. The van der Waals surface area contributed by atoms with E-state index in [4.69, 9.17) is 11.6 Å². The first kappa shape index (κ1) is 18.4. The number of amides is 1. The van der Waals surface area contributed by atoms with E-state index in [-0.39, 0.29) is 23.0 Å². The van der Waals surface area contributed by atoms with Gasteiger partial charge in [0, 0.05) is 11.5 Å². The first-order valence-corrected chi connectivity index (χ1v) is 8.42. The lowest BCUT2D eigenvalue weighted by atomic mass is 9.95. The third kappa shape index (κ3) is 4.79. The molecule has 0 bridgehead atoms. The van der Waals surface area contributed by atoms with Crippen molar-refractivity contribution in [1.29, 1.82) is 0 Å². The Balaban J connectivity index is 2.06. The normalized spacial score (nSPS) is 13.6. The Kier molecular flexibility index (Phi) is 6.35. The van der Waals surface area contributed by atoms with Crippen LogP contribution in [0.1, 0.15) is 32.4 Å². The molecule has 0 saturated heterocycles. The highest BCUT2D eigenvalue weighted by Crippen LogP contribution is 2.22. The smallest absolute Gasteiger partial charge is 0.282 e. The van der Waals surface area contributed by atoms with Gasteiger partial charge in [-0.15, -0.1) is 0 Å². The maximum Gasteiger partial charge on any atom is 0.282 e. The molecule has 2 aromatic rings. The SMILES string of the molecule is CC(C)[C@@H]([NH2+][C@H](C)C(=O)Nc1ccc(F)cc1Cl)c1ccccc1. The fraction of sp³-hybridized carbons (Fsp3) is 0.316. The summed E-state index contributed by atoms with van der Waals surface area (Å²) in [6.07, 6.45) is 0. The van der Waals surface area contributed by atoms with Crippen molar-refractivity contribution in [3.8, 4) is 0 Å². The zero-order chi connectivity index (χ0) is 17.7. The van der Waals surface area contributed by atoms with Crippen LogP contribution in [0.15, 0.2) is 48.5 Å². The van der Waals surface area contributed by atoms with Crippen LogP contribution in [-0.2, 0) is 4.79 Å². The van der Waals surface area contributed by atoms with E-state index in [0.29, 0.717) is 11.6 Å². The molecular formula is C19H23ClFN2O+. The number of rotatable bonds is 6. The highest BCUT2D eigenvalue weighted by molar-refractivity contribution is 6.33. The Hall–Kier alpha value is -1.91. The Morgan fingerprint density at radius 3 is 2.38 bits per heavy atom. The van der Waals surface area contributed by atoms with Crippen LogP contribution in [0.25, 0.3) is 0 Å². The van der Waals surface area contributed by atoms with Crippen molar-refractivity contribution in [3.63, 3.8) is 0 Å². The minimum atomic E-state index is -0.429. The van der Waals surface area contributed by atoms with Crippen molar-refractivity contribution in [3.05, 3.63) is 64.9 Å². The molecular weight excluding hydrogens is 327 g/mol. The summed E-state index contributed by atoms with van der Waals surface area (Å²) in [5.74, 6) is -0.219. The molecule has 0 heterocycles. The average Bonchev–Trinajstić information content (AvgIpc) is 2.55. The lowest BCUT2D eigenvalue weighted by Crippen LogP contribution is -2.93. The van der Waals surface area contributed by atoms with Crippen LogP contribution in [0.3, 0.4) is 0 Å². The van der Waals surface area contributed by atoms with Gasteiger partial charge in [-0.3, -0.25) is 4.79 Å². The molecule has 0 aliphatic heterocycles. The molecule has 0 aromatic heterocycles. The minimum absolute atomic E-state index is 0.162. The van der Waals surface area contributed by atoms with Crippen molar-refractivity contribution in [2.45, 2.75) is 32.9 Å². The molecule has 5 heteroatoms. The molecule has 24 heavy (non-hydrogen) atoms. The number of nitrogens with one attached hydrogen (secondary N) is 1. The molecule has 0 radical (unpaired) electrons. The maximum absolute atomic E-state index is 13.1. The molecule has 0 spiro atoms. The van der Waals surface area contributed by atoms with Crippen molar-refractivity contribution in [1.82, 2.24) is 0 Å². The predicted octanol–water partition coefficient (Wildman–Crippen LogP) is 3.77. The molecule has 0 unspecified atom stereocenters. The van der Waals surface area contributed by atoms with Gasteiger partial charge in [0.15, 0.2) is 6.04 Å². The molecule has 3 N–H and O–H groups in total. The zero-order valence-corrected chi connectivity index (χ0v) is 14.8. The molecule has 0 aliphatic carbocycles. The number of quaternary nitrogens is 1. The van der Waals surface area contributed by atoms with E-state index in [9.17, 15) is 9.18 Å². The number of hydrogen-bond donors (Lipinski definition) is 2. The van der Waals surface area contributed by atoms with E-state index >= 15 is 0 Å². The van der Waals surface area contributed by atoms with E-state index in [1.807, 2.05) is 30.4 Å². The third-order valence-electron chi connectivity index (χ3n) is 4.00. The third-order valence-corrected chi connectivity index (χ3v) is 4.31. The first-order chi connectivity index (χ1) is 11.4. The Morgan fingerprint density at radius 2 is 1.79 bits per heavy atom. The molecule has 2 rings (SSSR count). The molecule has 128 valence electrons. The minimum Gasteiger partial charge on any atom is -0.330 e. The summed E-state index contributed by atoms with van der Waals surface area (Å²) in [6, 6.07) is 13.9. The number of carbonyl (C=O) groups is 1. The highest BCUT2D eigenvalue weighted by atomic mass is 35.5. The van der Waals surface area contributed by atoms with Crippen molar-refractivity contribution >= 4 is 23.2 Å². The molecule has 0 fully saturated rings. The van der Waals surface area contributed by atoms with E-state index < -0.39 is 5.82 Å². The number of hydrogen-bond acceptors (Lipinski definition) is 1. The van der Waals surface area contributed by atoms with Crippen LogP contribution in [-0.4, -0.2) is 11.9 Å².